The minimum Gasteiger partial charge on any atom is -0.346 e. The molecule has 0 saturated carbocycles. The Morgan fingerprint density at radius 1 is 1.08 bits per heavy atom. The molecule has 0 atom stereocenters. The zero-order valence-electron chi connectivity index (χ0n) is 9.48. The molecule has 0 nitrogen and oxygen atoms in total. The summed E-state index contributed by atoms with van der Waals surface area (Å²) in [5.41, 5.74) is 1.27. The molecule has 1 heteroatoms. The fraction of sp³-hybridized carbons (Fsp3) is 0.417. The molecule has 0 saturated heterocycles. The Bertz CT molecular complexity index is 98.9. The Morgan fingerprint density at radius 3 is 1.54 bits per heavy atom. The van der Waals surface area contributed by atoms with Gasteiger partial charge in [0.15, 0.2) is 0 Å². The number of hydrogen-bond acceptors (Lipinski definition) is 0. The van der Waals surface area contributed by atoms with Crippen LogP contribution in [0.3, 0.4) is 0 Å². The molecule has 0 spiro atoms. The first kappa shape index (κ1) is 23.3. The maximum Gasteiger partial charge on any atom is 4.00 e. The van der Waals surface area contributed by atoms with Gasteiger partial charge >= 0.3 is 25.8 Å². The van der Waals surface area contributed by atoms with Crippen LogP contribution in [0.1, 0.15) is 34.1 Å². The molecule has 0 aromatic heterocycles. The summed E-state index contributed by atoms with van der Waals surface area (Å²) in [6.45, 7) is 17.1. The second-order valence-corrected chi connectivity index (χ2v) is 1.47. The van der Waals surface area contributed by atoms with Crippen molar-refractivity contribution in [2.75, 3.05) is 0 Å². The van der Waals surface area contributed by atoms with E-state index in [1.54, 1.807) is 20.8 Å². The Balaban J connectivity index is -0.0000000508. The first-order chi connectivity index (χ1) is 5.89. The molecule has 0 N–H and O–H groups in total. The van der Waals surface area contributed by atoms with E-state index in [1.165, 1.54) is 5.57 Å². The van der Waals surface area contributed by atoms with E-state index in [-0.39, 0.29) is 25.8 Å². The van der Waals surface area contributed by atoms with Crippen LogP contribution >= 0.6 is 0 Å². The summed E-state index contributed by atoms with van der Waals surface area (Å²) in [5.74, 6) is 0. The van der Waals surface area contributed by atoms with Crippen molar-refractivity contribution in [3.05, 3.63) is 44.6 Å². The van der Waals surface area contributed by atoms with E-state index in [9.17, 15) is 0 Å². The molecule has 0 heterocycles. The van der Waals surface area contributed by atoms with E-state index in [0.717, 1.165) is 6.42 Å². The van der Waals surface area contributed by atoms with Crippen LogP contribution < -0.4 is 0 Å². The number of hydrogen-bond donors (Lipinski definition) is 0. The molecule has 0 aliphatic heterocycles. The van der Waals surface area contributed by atoms with Crippen molar-refractivity contribution in [2.24, 2.45) is 0 Å². The molecule has 1 aliphatic carbocycles. The average Bonchev–Trinajstić information content (AvgIpc) is 2.66. The zero-order chi connectivity index (χ0) is 10.4. The van der Waals surface area contributed by atoms with Crippen LogP contribution in [-0.2, 0) is 25.8 Å². The van der Waals surface area contributed by atoms with Gasteiger partial charge in [-0.25, -0.2) is 11.6 Å². The van der Waals surface area contributed by atoms with Gasteiger partial charge < -0.3 is 20.8 Å². The molecule has 0 amide bonds. The summed E-state index contributed by atoms with van der Waals surface area (Å²) in [6, 6.07) is 0. The molecule has 0 fully saturated rings. The molecule has 1 aliphatic rings. The van der Waals surface area contributed by atoms with Gasteiger partial charge in [0.1, 0.15) is 0 Å². The summed E-state index contributed by atoms with van der Waals surface area (Å²) in [6.07, 6.45) is 8.33. The van der Waals surface area contributed by atoms with Gasteiger partial charge in [0.25, 0.3) is 0 Å². The summed E-state index contributed by atoms with van der Waals surface area (Å²) < 4.78 is 0. The minimum absolute atomic E-state index is 0. The summed E-state index contributed by atoms with van der Waals surface area (Å²) in [5, 5.41) is 0. The van der Waals surface area contributed by atoms with E-state index in [2.05, 4.69) is 45.9 Å². The molecular weight excluding hydrogens is 323 g/mol. The van der Waals surface area contributed by atoms with Gasteiger partial charge in [0.05, 0.1) is 0 Å². The Hall–Kier alpha value is 0.350. The van der Waals surface area contributed by atoms with Crippen LogP contribution in [0.25, 0.3) is 0 Å². The third-order valence-electron chi connectivity index (χ3n) is 0.867. The van der Waals surface area contributed by atoms with Crippen molar-refractivity contribution in [2.45, 2.75) is 34.1 Å². The fourth-order valence-corrected chi connectivity index (χ4v) is 0.515. The Morgan fingerprint density at radius 2 is 1.46 bits per heavy atom. The first-order valence-corrected chi connectivity index (χ1v) is 4.26. The van der Waals surface area contributed by atoms with Crippen molar-refractivity contribution < 1.29 is 25.8 Å². The smallest absolute Gasteiger partial charge is 0.346 e. The third kappa shape index (κ3) is 24.5. The molecule has 1 rings (SSSR count). The Kier molecular flexibility index (Phi) is 52.8. The molecule has 74 valence electrons. The predicted octanol–water partition coefficient (Wildman–Crippen LogP) is 4.21. The third-order valence-corrected chi connectivity index (χ3v) is 0.867. The predicted molar refractivity (Wildman–Crippen MR) is 59.3 cm³/mol. The van der Waals surface area contributed by atoms with Gasteiger partial charge in [-0.1, -0.05) is 6.92 Å². The van der Waals surface area contributed by atoms with E-state index in [4.69, 9.17) is 0 Å². The van der Waals surface area contributed by atoms with E-state index in [1.807, 2.05) is 0 Å². The van der Waals surface area contributed by atoms with Crippen LogP contribution in [0.15, 0.2) is 17.7 Å². The topological polar surface area (TPSA) is 0 Å². The molecule has 0 radical (unpaired) electrons. The normalized spacial score (nSPS) is 9.92. The maximum atomic E-state index is 3.25. The molecule has 0 aromatic rings. The van der Waals surface area contributed by atoms with E-state index >= 15 is 0 Å². The quantitative estimate of drug-likeness (QED) is 0.456. The van der Waals surface area contributed by atoms with Gasteiger partial charge in [-0.15, -0.1) is 6.42 Å². The second kappa shape index (κ2) is 29.4. The molecule has 0 aromatic carbocycles. The first-order valence-electron chi connectivity index (χ1n) is 4.26. The van der Waals surface area contributed by atoms with Crippen molar-refractivity contribution in [1.29, 1.82) is 0 Å². The monoisotopic (exact) mass is 346 g/mol. The molecule has 0 unspecified atom stereocenters. The molecular formula is C12H22Hf. The molecule has 13 heavy (non-hydrogen) atoms. The fourth-order valence-electron chi connectivity index (χ4n) is 0.515. The SMILES string of the molecule is CC1=[C-]CC=C1.[CH2-]C.[CH2-]C.[CH2-]C.[Hf+4]. The van der Waals surface area contributed by atoms with Crippen molar-refractivity contribution >= 4 is 0 Å². The number of rotatable bonds is 0. The summed E-state index contributed by atoms with van der Waals surface area (Å²) in [7, 11) is 0. The van der Waals surface area contributed by atoms with E-state index < -0.39 is 0 Å². The molecule has 0 bridgehead atoms. The average molecular weight is 345 g/mol. The largest absolute Gasteiger partial charge is 4.00 e. The Labute approximate surface area is 104 Å². The van der Waals surface area contributed by atoms with Crippen LogP contribution in [0.4, 0.5) is 0 Å². The van der Waals surface area contributed by atoms with Gasteiger partial charge in [0.2, 0.25) is 0 Å². The maximum absolute atomic E-state index is 3.25. The second-order valence-electron chi connectivity index (χ2n) is 1.47. The summed E-state index contributed by atoms with van der Waals surface area (Å²) >= 11 is 0. The van der Waals surface area contributed by atoms with Crippen molar-refractivity contribution in [1.82, 2.24) is 0 Å². The van der Waals surface area contributed by atoms with Crippen molar-refractivity contribution in [3.8, 4) is 0 Å². The van der Waals surface area contributed by atoms with Gasteiger partial charge in [-0.2, -0.15) is 26.8 Å². The standard InChI is InChI=1S/C6H7.3C2H5.Hf/c1-6-4-2-3-5-6;3*1-2;/h2,4H,3H2,1H3;3*1H2,2H3;/q4*-1;+4. The number of allylic oxidation sites excluding steroid dienone is 4. The van der Waals surface area contributed by atoms with Gasteiger partial charge in [-0.3, -0.25) is 6.08 Å². The van der Waals surface area contributed by atoms with Crippen molar-refractivity contribution in [3.63, 3.8) is 0 Å². The van der Waals surface area contributed by atoms with Crippen LogP contribution in [-0.4, -0.2) is 0 Å². The summed E-state index contributed by atoms with van der Waals surface area (Å²) in [4.78, 5) is 0. The van der Waals surface area contributed by atoms with Crippen LogP contribution in [0.2, 0.25) is 0 Å². The van der Waals surface area contributed by atoms with Gasteiger partial charge in [-0.05, 0) is 0 Å². The minimum atomic E-state index is 0. The van der Waals surface area contributed by atoms with E-state index in [0.29, 0.717) is 0 Å². The van der Waals surface area contributed by atoms with Gasteiger partial charge in [0, 0.05) is 0 Å². The van der Waals surface area contributed by atoms with Crippen LogP contribution in [0.5, 0.6) is 0 Å². The zero-order valence-corrected chi connectivity index (χ0v) is 13.1. The van der Waals surface area contributed by atoms with Crippen LogP contribution in [0, 0.1) is 26.8 Å².